The second kappa shape index (κ2) is 42.3. The first-order chi connectivity index (χ1) is 34.0. The largest absolute Gasteiger partial charge is 0.462 e. The van der Waals surface area contributed by atoms with Crippen LogP contribution in [0.5, 0.6) is 0 Å². The van der Waals surface area contributed by atoms with Gasteiger partial charge in [-0.05, 0) is 64.2 Å². The molecule has 0 amide bonds. The predicted octanol–water partition coefficient (Wildman–Crippen LogP) is 8.72. The van der Waals surface area contributed by atoms with Crippen LogP contribution < -0.4 is 0 Å². The molecule has 15 nitrogen and oxygen atoms in total. The molecular formula is C55H100O15. The summed E-state index contributed by atoms with van der Waals surface area (Å²) in [6.07, 6.45) is 27.6. The Balaban J connectivity index is 1.78. The lowest BCUT2D eigenvalue weighted by Crippen LogP contribution is -2.61. The van der Waals surface area contributed by atoms with Crippen molar-refractivity contribution >= 4 is 11.9 Å². The SMILES string of the molecule is CCCCCC/C=C/CCCCCCCCCCCC(=O)OC[C@@H](CO[C@@H]1O[C@H](CO[C@@H]2O[C@H](CO)[C@H](O)C(O)C2O)[C@H](O)C(O)C1O)OC(=O)CCCCCCCCC/C=C/CCCCCCCC. The molecule has 0 aromatic carbocycles. The first-order valence-electron chi connectivity index (χ1n) is 27.9. The van der Waals surface area contributed by atoms with Gasteiger partial charge in [0.25, 0.3) is 0 Å². The fraction of sp³-hybridized carbons (Fsp3) is 0.891. The van der Waals surface area contributed by atoms with Crippen LogP contribution >= 0.6 is 0 Å². The lowest BCUT2D eigenvalue weighted by Gasteiger charge is -2.42. The van der Waals surface area contributed by atoms with E-state index < -0.39 is 92.7 Å². The Kier molecular flexibility index (Phi) is 38.8. The molecule has 7 N–H and O–H groups in total. The van der Waals surface area contributed by atoms with Crippen LogP contribution in [0.1, 0.15) is 219 Å². The fourth-order valence-corrected chi connectivity index (χ4v) is 8.80. The maximum Gasteiger partial charge on any atom is 0.306 e. The van der Waals surface area contributed by atoms with Gasteiger partial charge in [0.1, 0.15) is 55.4 Å². The summed E-state index contributed by atoms with van der Waals surface area (Å²) in [5.74, 6) is -0.924. The maximum atomic E-state index is 13.0. The van der Waals surface area contributed by atoms with Crippen LogP contribution in [0.25, 0.3) is 0 Å². The molecule has 4 unspecified atom stereocenters. The van der Waals surface area contributed by atoms with Crippen molar-refractivity contribution in [1.82, 2.24) is 0 Å². The van der Waals surface area contributed by atoms with Crippen molar-refractivity contribution in [2.24, 2.45) is 0 Å². The molecule has 0 spiro atoms. The highest BCUT2D eigenvalue weighted by Crippen LogP contribution is 2.27. The van der Waals surface area contributed by atoms with E-state index in [2.05, 4.69) is 38.2 Å². The van der Waals surface area contributed by atoms with Gasteiger partial charge < -0.3 is 64.2 Å². The summed E-state index contributed by atoms with van der Waals surface area (Å²) in [6, 6.07) is 0. The van der Waals surface area contributed by atoms with Crippen molar-refractivity contribution in [3.63, 3.8) is 0 Å². The molecule has 0 aromatic rings. The van der Waals surface area contributed by atoms with Gasteiger partial charge in [-0.25, -0.2) is 0 Å². The normalized spacial score (nSPS) is 25.5. The molecule has 0 aliphatic carbocycles. The van der Waals surface area contributed by atoms with Crippen molar-refractivity contribution < 1.29 is 73.8 Å². The number of carbonyl (C=O) groups is 2. The number of rotatable bonds is 44. The Bertz CT molecular complexity index is 1310. The molecule has 0 aromatic heterocycles. The van der Waals surface area contributed by atoms with E-state index in [-0.39, 0.29) is 26.1 Å². The fourth-order valence-electron chi connectivity index (χ4n) is 8.80. The quantitative estimate of drug-likeness (QED) is 0.0172. The summed E-state index contributed by atoms with van der Waals surface area (Å²) in [5, 5.41) is 72.2. The minimum absolute atomic E-state index is 0.162. The zero-order valence-corrected chi connectivity index (χ0v) is 43.5. The molecule has 2 aliphatic rings. The molecule has 2 aliphatic heterocycles. The van der Waals surface area contributed by atoms with Crippen LogP contribution in [0.4, 0.5) is 0 Å². The zero-order chi connectivity index (χ0) is 51.0. The number of unbranched alkanes of at least 4 members (excludes halogenated alkanes) is 26. The number of allylic oxidation sites excluding steroid dienone is 4. The first kappa shape index (κ1) is 64.1. The van der Waals surface area contributed by atoms with Crippen molar-refractivity contribution in [3.8, 4) is 0 Å². The molecule has 11 atom stereocenters. The number of ether oxygens (including phenoxy) is 6. The highest BCUT2D eigenvalue weighted by atomic mass is 16.7. The molecule has 2 saturated heterocycles. The average Bonchev–Trinajstić information content (AvgIpc) is 3.35. The van der Waals surface area contributed by atoms with Crippen molar-refractivity contribution in [2.75, 3.05) is 26.4 Å². The third kappa shape index (κ3) is 29.6. The minimum Gasteiger partial charge on any atom is -0.462 e. The van der Waals surface area contributed by atoms with Gasteiger partial charge in [0.05, 0.1) is 19.8 Å². The number of hydrogen-bond donors (Lipinski definition) is 7. The summed E-state index contributed by atoms with van der Waals surface area (Å²) in [5.41, 5.74) is 0. The zero-order valence-electron chi connectivity index (χ0n) is 43.5. The molecule has 2 heterocycles. The van der Waals surface area contributed by atoms with E-state index in [4.69, 9.17) is 28.4 Å². The minimum atomic E-state index is -1.76. The van der Waals surface area contributed by atoms with E-state index in [1.165, 1.54) is 128 Å². The predicted molar refractivity (Wildman–Crippen MR) is 271 cm³/mol. The lowest BCUT2D eigenvalue weighted by atomic mass is 9.98. The third-order valence-corrected chi connectivity index (χ3v) is 13.4. The van der Waals surface area contributed by atoms with Crippen molar-refractivity contribution in [1.29, 1.82) is 0 Å². The first-order valence-corrected chi connectivity index (χ1v) is 27.9. The van der Waals surface area contributed by atoms with E-state index in [0.29, 0.717) is 12.8 Å². The summed E-state index contributed by atoms with van der Waals surface area (Å²) in [4.78, 5) is 25.8. The highest BCUT2D eigenvalue weighted by Gasteiger charge is 2.47. The smallest absolute Gasteiger partial charge is 0.306 e. The standard InChI is InChI=1S/C55H100O15/c1-3-5-7-9-11-13-15-17-19-21-23-25-27-29-31-33-35-37-46(57)65-40-43(68-47(58)38-36-34-32-30-28-26-24-22-20-18-16-14-12-10-8-6-4-2)41-66-54-53(64)51(62)49(60)45(70-54)42-67-55-52(63)50(61)48(59)44(39-56)69-55/h13,15,18,20,43-45,48-56,59-64H,3-12,14,16-17,19,21-42H2,1-2H3/b15-13+,20-18+/t43-,44+,45+,48-,49-,50?,51?,52?,53?,54+,55+/m0/s1. The van der Waals surface area contributed by atoms with E-state index in [1.54, 1.807) is 0 Å². The Hall–Kier alpha value is -2.02. The maximum absolute atomic E-state index is 13.0. The average molecular weight is 1000 g/mol. The molecule has 70 heavy (non-hydrogen) atoms. The van der Waals surface area contributed by atoms with Crippen molar-refractivity contribution in [3.05, 3.63) is 24.3 Å². The molecule has 0 bridgehead atoms. The van der Waals surface area contributed by atoms with E-state index in [1.807, 2.05) is 0 Å². The Morgan fingerprint density at radius 2 is 0.814 bits per heavy atom. The van der Waals surface area contributed by atoms with Gasteiger partial charge in [-0.3, -0.25) is 9.59 Å². The van der Waals surface area contributed by atoms with Gasteiger partial charge in [-0.2, -0.15) is 0 Å². The van der Waals surface area contributed by atoms with Gasteiger partial charge >= 0.3 is 11.9 Å². The number of aliphatic hydroxyl groups is 7. The van der Waals surface area contributed by atoms with E-state index >= 15 is 0 Å². The second-order valence-electron chi connectivity index (χ2n) is 19.8. The molecule has 0 radical (unpaired) electrons. The second-order valence-corrected chi connectivity index (χ2v) is 19.8. The summed E-state index contributed by atoms with van der Waals surface area (Å²) >= 11 is 0. The van der Waals surface area contributed by atoms with Crippen LogP contribution in [0.3, 0.4) is 0 Å². The molecule has 15 heteroatoms. The lowest BCUT2D eigenvalue weighted by molar-refractivity contribution is -0.332. The highest BCUT2D eigenvalue weighted by molar-refractivity contribution is 5.70. The number of hydrogen-bond acceptors (Lipinski definition) is 15. The third-order valence-electron chi connectivity index (χ3n) is 13.4. The van der Waals surface area contributed by atoms with Gasteiger partial charge in [-0.1, -0.05) is 167 Å². The topological polar surface area (TPSA) is 231 Å². The summed E-state index contributed by atoms with van der Waals surface area (Å²) in [7, 11) is 0. The number of carbonyl (C=O) groups excluding carboxylic acids is 2. The van der Waals surface area contributed by atoms with Crippen LogP contribution in [0.15, 0.2) is 24.3 Å². The van der Waals surface area contributed by atoms with Crippen LogP contribution in [-0.2, 0) is 38.0 Å². The van der Waals surface area contributed by atoms with Crippen LogP contribution in [0.2, 0.25) is 0 Å². The summed E-state index contributed by atoms with van der Waals surface area (Å²) in [6.45, 7) is 2.60. The Morgan fingerprint density at radius 1 is 0.443 bits per heavy atom. The monoisotopic (exact) mass is 1000 g/mol. The molecule has 2 fully saturated rings. The number of aliphatic hydroxyl groups excluding tert-OH is 7. The van der Waals surface area contributed by atoms with Gasteiger partial charge in [0, 0.05) is 12.8 Å². The van der Waals surface area contributed by atoms with Gasteiger partial charge in [-0.15, -0.1) is 0 Å². The Labute approximate surface area is 422 Å². The molecular weight excluding hydrogens is 901 g/mol. The molecule has 410 valence electrons. The molecule has 2 rings (SSSR count). The Morgan fingerprint density at radius 3 is 1.27 bits per heavy atom. The van der Waals surface area contributed by atoms with E-state index in [0.717, 1.165) is 51.4 Å². The van der Waals surface area contributed by atoms with Crippen molar-refractivity contribution in [2.45, 2.75) is 287 Å². The summed E-state index contributed by atoms with van der Waals surface area (Å²) < 4.78 is 33.7. The molecule has 0 saturated carbocycles. The van der Waals surface area contributed by atoms with Crippen LogP contribution in [0, 0.1) is 0 Å². The van der Waals surface area contributed by atoms with E-state index in [9.17, 15) is 45.3 Å². The van der Waals surface area contributed by atoms with Gasteiger partial charge in [0.15, 0.2) is 18.7 Å². The van der Waals surface area contributed by atoms with Gasteiger partial charge in [0.2, 0.25) is 0 Å². The van der Waals surface area contributed by atoms with Crippen LogP contribution in [-0.4, -0.2) is 142 Å². The number of esters is 2.